The molecule has 0 aliphatic carbocycles. The van der Waals surface area contributed by atoms with E-state index in [1.54, 1.807) is 6.92 Å². The van der Waals surface area contributed by atoms with E-state index in [-0.39, 0.29) is 0 Å². The molecule has 1 unspecified atom stereocenters. The summed E-state index contributed by atoms with van der Waals surface area (Å²) in [6.07, 6.45) is -0.700. The highest BCUT2D eigenvalue weighted by atomic mass is 32.1. The molecule has 0 spiro atoms. The predicted octanol–water partition coefficient (Wildman–Crippen LogP) is -0.135. The summed E-state index contributed by atoms with van der Waals surface area (Å²) in [5.41, 5.74) is 0. The van der Waals surface area contributed by atoms with Crippen molar-refractivity contribution < 1.29 is 14.3 Å². The van der Waals surface area contributed by atoms with E-state index in [1.807, 2.05) is 0 Å². The lowest BCUT2D eigenvalue weighted by Crippen LogP contribution is -2.47. The number of morpholine rings is 1. The van der Waals surface area contributed by atoms with Gasteiger partial charge in [0.05, 0.1) is 13.2 Å². The first-order valence-corrected chi connectivity index (χ1v) is 4.22. The number of thiocarbonyl (C=S) groups is 1. The topological polar surface area (TPSA) is 47.6 Å². The molecule has 0 saturated carbocycles. The highest BCUT2D eigenvalue weighted by Gasteiger charge is 2.27. The molecule has 1 saturated heterocycles. The van der Waals surface area contributed by atoms with Crippen molar-refractivity contribution in [3.63, 3.8) is 0 Å². The lowest BCUT2D eigenvalue weighted by atomic mass is 10.3. The van der Waals surface area contributed by atoms with Gasteiger partial charge in [-0.2, -0.15) is 0 Å². The molecule has 5 heteroatoms. The summed E-state index contributed by atoms with van der Waals surface area (Å²) in [6.45, 7) is 3.25. The highest BCUT2D eigenvalue weighted by Crippen LogP contribution is 2.01. The molecule has 1 N–H and O–H groups in total. The summed E-state index contributed by atoms with van der Waals surface area (Å²) in [5.74, 6) is -0.408. The molecule has 0 aromatic heterocycles. The lowest BCUT2D eigenvalue weighted by Gasteiger charge is -2.23. The molecular weight excluding hydrogens is 178 g/mol. The third kappa shape index (κ3) is 2.15. The molecule has 1 aliphatic heterocycles. The van der Waals surface area contributed by atoms with E-state index in [0.717, 1.165) is 0 Å². The van der Waals surface area contributed by atoms with Crippen LogP contribution in [0.25, 0.3) is 0 Å². The van der Waals surface area contributed by atoms with Crippen molar-refractivity contribution in [2.45, 2.75) is 13.0 Å². The third-order valence-corrected chi connectivity index (χ3v) is 1.78. The zero-order chi connectivity index (χ0) is 8.97. The first-order valence-electron chi connectivity index (χ1n) is 3.81. The fourth-order valence-electron chi connectivity index (χ4n) is 0.912. The van der Waals surface area contributed by atoms with Crippen molar-refractivity contribution >= 4 is 23.2 Å². The van der Waals surface area contributed by atoms with Gasteiger partial charge in [-0.25, -0.2) is 4.79 Å². The molecule has 0 radical (unpaired) electrons. The number of carbonyl (C=O) groups is 1. The monoisotopic (exact) mass is 189 g/mol. The van der Waals surface area contributed by atoms with Crippen LogP contribution in [0.2, 0.25) is 0 Å². The van der Waals surface area contributed by atoms with Crippen LogP contribution in [0, 0.1) is 0 Å². The maximum absolute atomic E-state index is 11.1. The molecule has 1 fully saturated rings. The molecule has 0 aromatic rings. The number of carbonyl (C=O) groups excluding carboxylic acids is 1. The van der Waals surface area contributed by atoms with Gasteiger partial charge in [0.1, 0.15) is 4.99 Å². The summed E-state index contributed by atoms with van der Waals surface area (Å²) in [7, 11) is 0. The van der Waals surface area contributed by atoms with E-state index in [9.17, 15) is 4.79 Å². The fourth-order valence-corrected chi connectivity index (χ4v) is 1.18. The van der Waals surface area contributed by atoms with E-state index < -0.39 is 12.1 Å². The Morgan fingerprint density at radius 3 is 3.25 bits per heavy atom. The fraction of sp³-hybridized carbons (Fsp3) is 0.714. The summed E-state index contributed by atoms with van der Waals surface area (Å²) < 4.78 is 9.89. The third-order valence-electron chi connectivity index (χ3n) is 1.42. The molecule has 4 nitrogen and oxygen atoms in total. The molecule has 1 rings (SSSR count). The first kappa shape index (κ1) is 9.41. The van der Waals surface area contributed by atoms with Crippen LogP contribution in [0.15, 0.2) is 0 Å². The second-order valence-electron chi connectivity index (χ2n) is 2.29. The molecule has 0 bridgehead atoms. The van der Waals surface area contributed by atoms with Gasteiger partial charge in [-0.1, -0.05) is 12.2 Å². The number of hydrogen-bond donors (Lipinski definition) is 1. The average molecular weight is 189 g/mol. The second kappa shape index (κ2) is 4.37. The zero-order valence-electron chi connectivity index (χ0n) is 6.83. The average Bonchev–Trinajstić information content (AvgIpc) is 2.05. The maximum atomic E-state index is 11.1. The Balaban J connectivity index is 2.48. The number of hydrogen-bond acceptors (Lipinski definition) is 4. The van der Waals surface area contributed by atoms with E-state index in [4.69, 9.17) is 21.7 Å². The summed E-state index contributed by atoms with van der Waals surface area (Å²) in [6, 6.07) is 0. The molecule has 0 amide bonds. The molecule has 1 heterocycles. The largest absolute Gasteiger partial charge is 0.464 e. The quantitative estimate of drug-likeness (QED) is 0.484. The Morgan fingerprint density at radius 1 is 1.92 bits per heavy atom. The standard InChI is InChI=1S/C7H11NO3S/c1-2-10-7(9)5-6(12)8-3-4-11-5/h5H,2-4H2,1H3,(H,8,12). The minimum atomic E-state index is -0.700. The van der Waals surface area contributed by atoms with Crippen molar-refractivity contribution in [3.05, 3.63) is 0 Å². The van der Waals surface area contributed by atoms with Gasteiger partial charge in [-0.15, -0.1) is 0 Å². The maximum Gasteiger partial charge on any atom is 0.342 e. The van der Waals surface area contributed by atoms with E-state index in [1.165, 1.54) is 0 Å². The summed E-state index contributed by atoms with van der Waals surface area (Å²) in [5, 5.41) is 2.88. The van der Waals surface area contributed by atoms with Gasteiger partial charge in [0.2, 0.25) is 6.10 Å². The van der Waals surface area contributed by atoms with E-state index >= 15 is 0 Å². The van der Waals surface area contributed by atoms with Crippen LogP contribution in [-0.2, 0) is 14.3 Å². The van der Waals surface area contributed by atoms with Gasteiger partial charge in [-0.3, -0.25) is 0 Å². The molecule has 1 atom stereocenters. The first-order chi connectivity index (χ1) is 5.75. The molecule has 12 heavy (non-hydrogen) atoms. The van der Waals surface area contributed by atoms with Gasteiger partial charge in [0.15, 0.2) is 0 Å². The highest BCUT2D eigenvalue weighted by molar-refractivity contribution is 7.80. The lowest BCUT2D eigenvalue weighted by molar-refractivity contribution is -0.152. The minimum Gasteiger partial charge on any atom is -0.464 e. The Bertz CT molecular complexity index is 195. The van der Waals surface area contributed by atoms with E-state index in [0.29, 0.717) is 24.7 Å². The summed E-state index contributed by atoms with van der Waals surface area (Å²) >= 11 is 4.88. The number of rotatable bonds is 2. The van der Waals surface area contributed by atoms with Gasteiger partial charge in [0, 0.05) is 6.54 Å². The van der Waals surface area contributed by atoms with Crippen LogP contribution in [0.5, 0.6) is 0 Å². The van der Waals surface area contributed by atoms with Crippen molar-refractivity contribution in [2.24, 2.45) is 0 Å². The predicted molar refractivity (Wildman–Crippen MR) is 47.0 cm³/mol. The smallest absolute Gasteiger partial charge is 0.342 e. The van der Waals surface area contributed by atoms with Gasteiger partial charge in [-0.05, 0) is 6.92 Å². The minimum absolute atomic E-state index is 0.349. The van der Waals surface area contributed by atoms with Crippen LogP contribution >= 0.6 is 12.2 Å². The van der Waals surface area contributed by atoms with Crippen molar-refractivity contribution in [2.75, 3.05) is 19.8 Å². The SMILES string of the molecule is CCOC(=O)C1OCCNC1=S. The Kier molecular flexibility index (Phi) is 3.43. The molecule has 1 aliphatic rings. The van der Waals surface area contributed by atoms with Crippen LogP contribution in [-0.4, -0.2) is 36.8 Å². The van der Waals surface area contributed by atoms with Gasteiger partial charge in [0.25, 0.3) is 0 Å². The van der Waals surface area contributed by atoms with Crippen LogP contribution in [0.3, 0.4) is 0 Å². The van der Waals surface area contributed by atoms with Crippen molar-refractivity contribution in [3.8, 4) is 0 Å². The zero-order valence-corrected chi connectivity index (χ0v) is 7.65. The van der Waals surface area contributed by atoms with Crippen LogP contribution in [0.4, 0.5) is 0 Å². The molecular formula is C7H11NO3S. The number of ether oxygens (including phenoxy) is 2. The second-order valence-corrected chi connectivity index (χ2v) is 2.73. The van der Waals surface area contributed by atoms with E-state index in [2.05, 4.69) is 5.32 Å². The Hall–Kier alpha value is -0.680. The normalized spacial score (nSPS) is 23.1. The van der Waals surface area contributed by atoms with Crippen LogP contribution < -0.4 is 5.32 Å². The summed E-state index contributed by atoms with van der Waals surface area (Å²) in [4.78, 5) is 11.6. The number of nitrogens with one attached hydrogen (secondary N) is 1. The van der Waals surface area contributed by atoms with Gasteiger partial charge < -0.3 is 14.8 Å². The van der Waals surface area contributed by atoms with Crippen LogP contribution in [0.1, 0.15) is 6.92 Å². The molecule has 68 valence electrons. The Labute approximate surface area is 76.2 Å². The van der Waals surface area contributed by atoms with Gasteiger partial charge >= 0.3 is 5.97 Å². The molecule has 0 aromatic carbocycles. The Morgan fingerprint density at radius 2 is 2.67 bits per heavy atom. The van der Waals surface area contributed by atoms with Crippen molar-refractivity contribution in [1.29, 1.82) is 0 Å². The number of esters is 1. The van der Waals surface area contributed by atoms with Crippen molar-refractivity contribution in [1.82, 2.24) is 5.32 Å².